The number of benzene rings is 1. The SMILES string of the molecule is Cc1cccc(C)c1NC(=O)C1(N(C)C)CCN(C(=O)C2CCCCC2)CC1. The van der Waals surface area contributed by atoms with Gasteiger partial charge in [0, 0.05) is 24.7 Å². The van der Waals surface area contributed by atoms with Crippen molar-refractivity contribution >= 4 is 17.5 Å². The number of piperidine rings is 1. The first-order valence-electron chi connectivity index (χ1n) is 10.7. The van der Waals surface area contributed by atoms with Gasteiger partial charge in [0.2, 0.25) is 11.8 Å². The molecule has 1 aromatic carbocycles. The second-order valence-corrected chi connectivity index (χ2v) is 8.81. The van der Waals surface area contributed by atoms with Gasteiger partial charge in [0.15, 0.2) is 0 Å². The number of hydrogen-bond acceptors (Lipinski definition) is 3. The molecule has 1 saturated carbocycles. The normalized spacial score (nSPS) is 20.2. The maximum atomic E-state index is 13.4. The summed E-state index contributed by atoms with van der Waals surface area (Å²) in [5.74, 6) is 0.547. The number of nitrogens with zero attached hydrogens (tertiary/aromatic N) is 2. The third-order valence-electron chi connectivity index (χ3n) is 6.86. The van der Waals surface area contributed by atoms with Gasteiger partial charge in [-0.15, -0.1) is 0 Å². The van der Waals surface area contributed by atoms with E-state index in [0.717, 1.165) is 29.7 Å². The van der Waals surface area contributed by atoms with Gasteiger partial charge in [-0.1, -0.05) is 37.5 Å². The van der Waals surface area contributed by atoms with Crippen LogP contribution in [0.25, 0.3) is 0 Å². The summed E-state index contributed by atoms with van der Waals surface area (Å²) in [7, 11) is 3.95. The number of likely N-dealkylation sites (tertiary alicyclic amines) is 1. The van der Waals surface area contributed by atoms with E-state index in [1.54, 1.807) is 0 Å². The van der Waals surface area contributed by atoms with Crippen molar-refractivity contribution in [1.82, 2.24) is 9.80 Å². The molecule has 0 radical (unpaired) electrons. The molecule has 0 spiro atoms. The minimum absolute atomic E-state index is 0.0414. The number of carbonyl (C=O) groups excluding carboxylic acids is 2. The van der Waals surface area contributed by atoms with Crippen LogP contribution in [0.15, 0.2) is 18.2 Å². The summed E-state index contributed by atoms with van der Waals surface area (Å²) in [6.07, 6.45) is 7.01. The van der Waals surface area contributed by atoms with Crippen molar-refractivity contribution in [3.8, 4) is 0 Å². The Hall–Kier alpha value is -1.88. The number of amides is 2. The number of carbonyl (C=O) groups is 2. The topological polar surface area (TPSA) is 52.7 Å². The van der Waals surface area contributed by atoms with Crippen molar-refractivity contribution in [2.24, 2.45) is 5.92 Å². The maximum Gasteiger partial charge on any atom is 0.245 e. The van der Waals surface area contributed by atoms with Crippen LogP contribution >= 0.6 is 0 Å². The lowest BCUT2D eigenvalue weighted by molar-refractivity contribution is -0.142. The lowest BCUT2D eigenvalue weighted by Gasteiger charge is -2.45. The van der Waals surface area contributed by atoms with Gasteiger partial charge < -0.3 is 10.2 Å². The molecule has 5 heteroatoms. The Morgan fingerprint density at radius 2 is 1.61 bits per heavy atom. The summed E-state index contributed by atoms with van der Waals surface area (Å²) in [5.41, 5.74) is 2.49. The third kappa shape index (κ3) is 4.09. The second kappa shape index (κ2) is 8.64. The molecule has 28 heavy (non-hydrogen) atoms. The summed E-state index contributed by atoms with van der Waals surface area (Å²) in [5, 5.41) is 3.19. The van der Waals surface area contributed by atoms with Gasteiger partial charge in [-0.05, 0) is 64.8 Å². The average Bonchev–Trinajstić information content (AvgIpc) is 2.70. The molecular formula is C23H35N3O2. The smallest absolute Gasteiger partial charge is 0.245 e. The number of anilines is 1. The number of hydrogen-bond donors (Lipinski definition) is 1. The van der Waals surface area contributed by atoms with E-state index in [9.17, 15) is 9.59 Å². The molecule has 2 amide bonds. The highest BCUT2D eigenvalue weighted by Crippen LogP contribution is 2.32. The summed E-state index contributed by atoms with van der Waals surface area (Å²) in [4.78, 5) is 30.3. The summed E-state index contributed by atoms with van der Waals surface area (Å²) in [6.45, 7) is 5.37. The molecular weight excluding hydrogens is 350 g/mol. The monoisotopic (exact) mass is 385 g/mol. The number of aryl methyl sites for hydroxylation is 2. The molecule has 0 atom stereocenters. The van der Waals surface area contributed by atoms with E-state index < -0.39 is 5.54 Å². The van der Waals surface area contributed by atoms with Crippen molar-refractivity contribution in [1.29, 1.82) is 0 Å². The van der Waals surface area contributed by atoms with Crippen LogP contribution in [0.4, 0.5) is 5.69 Å². The highest BCUT2D eigenvalue weighted by Gasteiger charge is 2.45. The molecule has 0 unspecified atom stereocenters. The summed E-state index contributed by atoms with van der Waals surface area (Å²) < 4.78 is 0. The first-order valence-corrected chi connectivity index (χ1v) is 10.7. The van der Waals surface area contributed by atoms with Crippen LogP contribution < -0.4 is 5.32 Å². The van der Waals surface area contributed by atoms with Crippen molar-refractivity contribution in [2.45, 2.75) is 64.3 Å². The zero-order valence-corrected chi connectivity index (χ0v) is 17.9. The van der Waals surface area contributed by atoms with Crippen molar-refractivity contribution in [2.75, 3.05) is 32.5 Å². The highest BCUT2D eigenvalue weighted by atomic mass is 16.2. The van der Waals surface area contributed by atoms with Crippen LogP contribution in [0.2, 0.25) is 0 Å². The Bertz CT molecular complexity index is 694. The van der Waals surface area contributed by atoms with E-state index >= 15 is 0 Å². The van der Waals surface area contributed by atoms with E-state index in [4.69, 9.17) is 0 Å². The van der Waals surface area contributed by atoms with E-state index in [2.05, 4.69) is 5.32 Å². The first-order chi connectivity index (χ1) is 13.3. The number of rotatable bonds is 4. The molecule has 0 aromatic heterocycles. The highest BCUT2D eigenvalue weighted by molar-refractivity contribution is 5.99. The predicted molar refractivity (Wildman–Crippen MR) is 113 cm³/mol. The van der Waals surface area contributed by atoms with Gasteiger partial charge in [0.05, 0.1) is 0 Å². The Morgan fingerprint density at radius 3 is 2.14 bits per heavy atom. The zero-order valence-electron chi connectivity index (χ0n) is 17.9. The Labute approximate surface area is 169 Å². The van der Waals surface area contributed by atoms with Crippen molar-refractivity contribution in [3.63, 3.8) is 0 Å². The predicted octanol–water partition coefficient (Wildman–Crippen LogP) is 3.75. The van der Waals surface area contributed by atoms with Gasteiger partial charge >= 0.3 is 0 Å². The van der Waals surface area contributed by atoms with Crippen LogP contribution in [-0.4, -0.2) is 54.3 Å². The van der Waals surface area contributed by atoms with Gasteiger partial charge in [-0.25, -0.2) is 0 Å². The van der Waals surface area contributed by atoms with Gasteiger partial charge in [0.25, 0.3) is 0 Å². The molecule has 1 heterocycles. The second-order valence-electron chi connectivity index (χ2n) is 8.81. The minimum Gasteiger partial charge on any atom is -0.342 e. The molecule has 1 aromatic rings. The molecule has 1 saturated heterocycles. The van der Waals surface area contributed by atoms with E-state index in [-0.39, 0.29) is 11.8 Å². The van der Waals surface area contributed by atoms with Crippen LogP contribution in [0, 0.1) is 19.8 Å². The fraction of sp³-hybridized carbons (Fsp3) is 0.652. The fourth-order valence-electron chi connectivity index (χ4n) is 4.82. The van der Waals surface area contributed by atoms with Crippen LogP contribution in [-0.2, 0) is 9.59 Å². The Morgan fingerprint density at radius 1 is 1.04 bits per heavy atom. The zero-order chi connectivity index (χ0) is 20.3. The number of likely N-dealkylation sites (N-methyl/N-ethyl adjacent to an activating group) is 1. The lowest BCUT2D eigenvalue weighted by Crippen LogP contribution is -2.60. The minimum atomic E-state index is -0.571. The third-order valence-corrected chi connectivity index (χ3v) is 6.86. The average molecular weight is 386 g/mol. The lowest BCUT2D eigenvalue weighted by atomic mass is 9.83. The molecule has 1 aliphatic heterocycles. The number of nitrogens with one attached hydrogen (secondary N) is 1. The van der Waals surface area contributed by atoms with Crippen LogP contribution in [0.5, 0.6) is 0 Å². The molecule has 1 aliphatic carbocycles. The van der Waals surface area contributed by atoms with Crippen LogP contribution in [0.1, 0.15) is 56.1 Å². The molecule has 154 valence electrons. The van der Waals surface area contributed by atoms with Gasteiger partial charge in [-0.2, -0.15) is 0 Å². The molecule has 2 aliphatic rings. The molecule has 2 fully saturated rings. The molecule has 5 nitrogen and oxygen atoms in total. The Kier molecular flexibility index (Phi) is 6.43. The molecule has 0 bridgehead atoms. The van der Waals surface area contributed by atoms with Crippen LogP contribution in [0.3, 0.4) is 0 Å². The van der Waals surface area contributed by atoms with Crippen molar-refractivity contribution < 1.29 is 9.59 Å². The summed E-state index contributed by atoms with van der Waals surface area (Å²) in [6, 6.07) is 6.06. The fourth-order valence-corrected chi connectivity index (χ4v) is 4.82. The number of para-hydroxylation sites is 1. The standard InChI is InChI=1S/C23H35N3O2/c1-17-9-8-10-18(2)20(17)24-22(28)23(25(3)4)13-15-26(16-14-23)21(27)19-11-6-5-7-12-19/h8-10,19H,5-7,11-16H2,1-4H3,(H,24,28). The van der Waals surface area contributed by atoms with E-state index in [0.29, 0.717) is 31.8 Å². The molecule has 3 rings (SSSR count). The van der Waals surface area contributed by atoms with Gasteiger partial charge in [0.1, 0.15) is 5.54 Å². The largest absolute Gasteiger partial charge is 0.342 e. The van der Waals surface area contributed by atoms with E-state index in [1.165, 1.54) is 19.3 Å². The van der Waals surface area contributed by atoms with Crippen molar-refractivity contribution in [3.05, 3.63) is 29.3 Å². The first kappa shape index (κ1) is 20.8. The Balaban J connectivity index is 1.70. The summed E-state index contributed by atoms with van der Waals surface area (Å²) >= 11 is 0. The van der Waals surface area contributed by atoms with Gasteiger partial charge in [-0.3, -0.25) is 14.5 Å². The maximum absolute atomic E-state index is 13.4. The molecule has 1 N–H and O–H groups in total. The quantitative estimate of drug-likeness (QED) is 0.859. The van der Waals surface area contributed by atoms with E-state index in [1.807, 2.05) is 55.9 Å².